The summed E-state index contributed by atoms with van der Waals surface area (Å²) in [6.45, 7) is 9.78. The number of rotatable bonds is 5. The van der Waals surface area contributed by atoms with E-state index in [2.05, 4.69) is 67.1 Å². The molecule has 1 aromatic rings. The van der Waals surface area contributed by atoms with E-state index in [-0.39, 0.29) is 0 Å². The molecule has 0 aliphatic rings. The minimum Gasteiger partial charge on any atom is -0.310 e. The standard InChI is InChI=1S/C14H22BrN/c1-10-5-6-14(7-11(10)2)9-16-13(4)12(3)8-15/h5-7,12-13,16H,8-9H2,1-4H3. The first-order chi connectivity index (χ1) is 7.54. The zero-order chi connectivity index (χ0) is 12.1. The number of aryl methyl sites for hydroxylation is 2. The van der Waals surface area contributed by atoms with E-state index in [9.17, 15) is 0 Å². The third-order valence-electron chi connectivity index (χ3n) is 3.30. The fourth-order valence-corrected chi connectivity index (χ4v) is 2.09. The maximum Gasteiger partial charge on any atom is 0.0208 e. The molecule has 1 nitrogen and oxygen atoms in total. The maximum absolute atomic E-state index is 3.57. The Labute approximate surface area is 108 Å². The highest BCUT2D eigenvalue weighted by Gasteiger charge is 2.09. The molecule has 0 heterocycles. The first-order valence-corrected chi connectivity index (χ1v) is 7.02. The van der Waals surface area contributed by atoms with E-state index < -0.39 is 0 Å². The fraction of sp³-hybridized carbons (Fsp3) is 0.571. The van der Waals surface area contributed by atoms with Gasteiger partial charge in [0.15, 0.2) is 0 Å². The van der Waals surface area contributed by atoms with Crippen LogP contribution in [0.4, 0.5) is 0 Å². The molecular formula is C14H22BrN. The van der Waals surface area contributed by atoms with Crippen molar-refractivity contribution in [3.05, 3.63) is 34.9 Å². The zero-order valence-electron chi connectivity index (χ0n) is 10.7. The first kappa shape index (κ1) is 13.7. The van der Waals surface area contributed by atoms with Crippen LogP contribution in [-0.4, -0.2) is 11.4 Å². The van der Waals surface area contributed by atoms with Crippen molar-refractivity contribution >= 4 is 15.9 Å². The lowest BCUT2D eigenvalue weighted by Crippen LogP contribution is -2.32. The summed E-state index contributed by atoms with van der Waals surface area (Å²) in [6, 6.07) is 7.22. The van der Waals surface area contributed by atoms with E-state index in [1.165, 1.54) is 16.7 Å². The smallest absolute Gasteiger partial charge is 0.0208 e. The molecule has 0 spiro atoms. The molecule has 1 rings (SSSR count). The van der Waals surface area contributed by atoms with E-state index in [4.69, 9.17) is 0 Å². The van der Waals surface area contributed by atoms with Crippen LogP contribution in [0.5, 0.6) is 0 Å². The minimum absolute atomic E-state index is 0.543. The molecular weight excluding hydrogens is 262 g/mol. The van der Waals surface area contributed by atoms with Gasteiger partial charge in [-0.1, -0.05) is 41.1 Å². The van der Waals surface area contributed by atoms with Crippen LogP contribution in [0.15, 0.2) is 18.2 Å². The van der Waals surface area contributed by atoms with Crippen LogP contribution in [0.25, 0.3) is 0 Å². The number of nitrogens with one attached hydrogen (secondary N) is 1. The van der Waals surface area contributed by atoms with Crippen LogP contribution < -0.4 is 5.32 Å². The molecule has 0 aliphatic carbocycles. The summed E-state index contributed by atoms with van der Waals surface area (Å²) < 4.78 is 0. The third-order valence-corrected chi connectivity index (χ3v) is 4.32. The first-order valence-electron chi connectivity index (χ1n) is 5.90. The van der Waals surface area contributed by atoms with Gasteiger partial charge in [0.05, 0.1) is 0 Å². The maximum atomic E-state index is 3.57. The number of halogens is 1. The van der Waals surface area contributed by atoms with Crippen molar-refractivity contribution in [1.29, 1.82) is 0 Å². The van der Waals surface area contributed by atoms with Crippen LogP contribution in [0.3, 0.4) is 0 Å². The van der Waals surface area contributed by atoms with Gasteiger partial charge in [0.25, 0.3) is 0 Å². The van der Waals surface area contributed by atoms with Gasteiger partial charge in [-0.2, -0.15) is 0 Å². The lowest BCUT2D eigenvalue weighted by Gasteiger charge is -2.19. The van der Waals surface area contributed by atoms with Crippen molar-refractivity contribution in [1.82, 2.24) is 5.32 Å². The summed E-state index contributed by atoms with van der Waals surface area (Å²) in [5.74, 6) is 0.659. The molecule has 0 amide bonds. The molecule has 0 saturated heterocycles. The van der Waals surface area contributed by atoms with Gasteiger partial charge in [-0.05, 0) is 43.4 Å². The van der Waals surface area contributed by atoms with E-state index in [0.29, 0.717) is 12.0 Å². The van der Waals surface area contributed by atoms with Gasteiger partial charge in [0.1, 0.15) is 0 Å². The van der Waals surface area contributed by atoms with Crippen molar-refractivity contribution in [3.63, 3.8) is 0 Å². The molecule has 16 heavy (non-hydrogen) atoms. The van der Waals surface area contributed by atoms with Gasteiger partial charge >= 0.3 is 0 Å². The zero-order valence-corrected chi connectivity index (χ0v) is 12.3. The monoisotopic (exact) mass is 283 g/mol. The summed E-state index contributed by atoms with van der Waals surface area (Å²) in [5.41, 5.74) is 4.11. The third kappa shape index (κ3) is 3.91. The second-order valence-corrected chi connectivity index (χ2v) is 5.37. The SMILES string of the molecule is Cc1ccc(CNC(C)C(C)CBr)cc1C. The Kier molecular flexibility index (Phi) is 5.50. The average molecular weight is 284 g/mol. The lowest BCUT2D eigenvalue weighted by atomic mass is 10.0. The van der Waals surface area contributed by atoms with Crippen LogP contribution in [0.2, 0.25) is 0 Å². The molecule has 1 aromatic carbocycles. The molecule has 2 heteroatoms. The van der Waals surface area contributed by atoms with Gasteiger partial charge in [0.2, 0.25) is 0 Å². The van der Waals surface area contributed by atoms with E-state index in [1.54, 1.807) is 0 Å². The van der Waals surface area contributed by atoms with Crippen LogP contribution in [0.1, 0.15) is 30.5 Å². The van der Waals surface area contributed by atoms with E-state index >= 15 is 0 Å². The van der Waals surface area contributed by atoms with Crippen molar-refractivity contribution in [2.24, 2.45) is 5.92 Å². The molecule has 90 valence electrons. The lowest BCUT2D eigenvalue weighted by molar-refractivity contribution is 0.433. The normalized spacial score (nSPS) is 14.8. The van der Waals surface area contributed by atoms with Crippen molar-refractivity contribution < 1.29 is 0 Å². The van der Waals surface area contributed by atoms with Crippen molar-refractivity contribution in [2.45, 2.75) is 40.3 Å². The van der Waals surface area contributed by atoms with E-state index in [0.717, 1.165) is 11.9 Å². The molecule has 0 aromatic heterocycles. The second kappa shape index (κ2) is 6.41. The molecule has 1 N–H and O–H groups in total. The predicted molar refractivity (Wildman–Crippen MR) is 75.2 cm³/mol. The molecule has 2 atom stereocenters. The summed E-state index contributed by atoms with van der Waals surface area (Å²) in [7, 11) is 0. The fourth-order valence-electron chi connectivity index (χ4n) is 1.53. The highest BCUT2D eigenvalue weighted by atomic mass is 79.9. The molecule has 0 bridgehead atoms. The highest BCUT2D eigenvalue weighted by molar-refractivity contribution is 9.09. The van der Waals surface area contributed by atoms with Gasteiger partial charge in [-0.15, -0.1) is 0 Å². The van der Waals surface area contributed by atoms with Gasteiger partial charge in [0, 0.05) is 17.9 Å². The Hall–Kier alpha value is -0.340. The number of hydrogen-bond donors (Lipinski definition) is 1. The Bertz CT molecular complexity index is 336. The van der Waals surface area contributed by atoms with Crippen LogP contribution in [0, 0.1) is 19.8 Å². The Morgan fingerprint density at radius 1 is 1.19 bits per heavy atom. The minimum atomic E-state index is 0.543. The van der Waals surface area contributed by atoms with Crippen LogP contribution >= 0.6 is 15.9 Å². The Morgan fingerprint density at radius 2 is 1.88 bits per heavy atom. The van der Waals surface area contributed by atoms with Crippen molar-refractivity contribution in [2.75, 3.05) is 5.33 Å². The Morgan fingerprint density at radius 3 is 2.44 bits per heavy atom. The molecule has 0 fully saturated rings. The average Bonchev–Trinajstić information content (AvgIpc) is 2.29. The quantitative estimate of drug-likeness (QED) is 0.811. The molecule has 0 radical (unpaired) electrons. The Balaban J connectivity index is 2.51. The molecule has 2 unspecified atom stereocenters. The van der Waals surface area contributed by atoms with Gasteiger partial charge in [-0.3, -0.25) is 0 Å². The summed E-state index contributed by atoms with van der Waals surface area (Å²) >= 11 is 3.52. The van der Waals surface area contributed by atoms with Crippen molar-refractivity contribution in [3.8, 4) is 0 Å². The molecule has 0 aliphatic heterocycles. The molecule has 0 saturated carbocycles. The summed E-state index contributed by atoms with van der Waals surface area (Å²) in [4.78, 5) is 0. The topological polar surface area (TPSA) is 12.0 Å². The predicted octanol–water partition coefficient (Wildman–Crippen LogP) is 3.81. The van der Waals surface area contributed by atoms with Gasteiger partial charge < -0.3 is 5.32 Å². The number of alkyl halides is 1. The second-order valence-electron chi connectivity index (χ2n) is 4.72. The summed E-state index contributed by atoms with van der Waals surface area (Å²) in [6.07, 6.45) is 0. The van der Waals surface area contributed by atoms with Gasteiger partial charge in [-0.25, -0.2) is 0 Å². The largest absolute Gasteiger partial charge is 0.310 e. The highest BCUT2D eigenvalue weighted by Crippen LogP contribution is 2.11. The number of benzene rings is 1. The number of hydrogen-bond acceptors (Lipinski definition) is 1. The summed E-state index contributed by atoms with van der Waals surface area (Å²) in [5, 5.41) is 4.62. The van der Waals surface area contributed by atoms with Crippen LogP contribution in [-0.2, 0) is 6.54 Å². The van der Waals surface area contributed by atoms with E-state index in [1.807, 2.05) is 0 Å².